The summed E-state index contributed by atoms with van der Waals surface area (Å²) in [7, 11) is 0. The Labute approximate surface area is 101 Å². The number of alkyl halides is 2. The summed E-state index contributed by atoms with van der Waals surface area (Å²) >= 11 is 11.9. The molecule has 0 amide bonds. The molecule has 1 rings (SSSR count). The Balaban J connectivity index is 2.44. The number of halogens is 2. The summed E-state index contributed by atoms with van der Waals surface area (Å²) < 4.78 is 5.01. The lowest BCUT2D eigenvalue weighted by atomic mass is 9.81. The first-order chi connectivity index (χ1) is 7.11. The van der Waals surface area contributed by atoms with Crippen molar-refractivity contribution in [3.05, 3.63) is 0 Å². The minimum Gasteiger partial charge on any atom is -0.465 e. The molecule has 0 aliphatic heterocycles. The van der Waals surface area contributed by atoms with Crippen molar-refractivity contribution in [2.45, 2.75) is 43.9 Å². The van der Waals surface area contributed by atoms with Crippen molar-refractivity contribution < 1.29 is 9.53 Å². The molecule has 15 heavy (non-hydrogen) atoms. The smallest absolute Gasteiger partial charge is 0.302 e. The molecule has 0 saturated heterocycles. The molecule has 0 aromatic rings. The minimum absolute atomic E-state index is 0.0949. The van der Waals surface area contributed by atoms with Gasteiger partial charge in [0.05, 0.1) is 6.61 Å². The zero-order valence-corrected chi connectivity index (χ0v) is 10.6. The lowest BCUT2D eigenvalue weighted by molar-refractivity contribution is -0.142. The van der Waals surface area contributed by atoms with Gasteiger partial charge in [-0.2, -0.15) is 0 Å². The molecule has 1 aliphatic rings. The third-order valence-electron chi connectivity index (χ3n) is 3.06. The first-order valence-corrected chi connectivity index (χ1v) is 6.40. The lowest BCUT2D eigenvalue weighted by Gasteiger charge is -2.30. The largest absolute Gasteiger partial charge is 0.465 e. The molecule has 0 bridgehead atoms. The normalized spacial score (nSPS) is 20.3. The van der Waals surface area contributed by atoms with Crippen LogP contribution < -0.4 is 0 Å². The van der Waals surface area contributed by atoms with Gasteiger partial charge in [-0.1, -0.05) is 19.3 Å². The highest BCUT2D eigenvalue weighted by Crippen LogP contribution is 2.34. The van der Waals surface area contributed by atoms with Crippen LogP contribution in [0, 0.1) is 11.8 Å². The Hall–Kier alpha value is 0.0500. The number of carbonyl (C=O) groups is 1. The Morgan fingerprint density at radius 2 is 1.93 bits per heavy atom. The van der Waals surface area contributed by atoms with Gasteiger partial charge in [0.15, 0.2) is 0 Å². The van der Waals surface area contributed by atoms with Crippen molar-refractivity contribution in [3.63, 3.8) is 0 Å². The van der Waals surface area contributed by atoms with Crippen LogP contribution in [0.2, 0.25) is 0 Å². The number of hydrogen-bond acceptors (Lipinski definition) is 2. The Morgan fingerprint density at radius 1 is 1.33 bits per heavy atom. The third kappa shape index (κ3) is 4.60. The van der Waals surface area contributed by atoms with Gasteiger partial charge >= 0.3 is 5.97 Å². The van der Waals surface area contributed by atoms with Crippen molar-refractivity contribution in [3.8, 4) is 0 Å². The fraction of sp³-hybridized carbons (Fsp3) is 0.909. The monoisotopic (exact) mass is 252 g/mol. The van der Waals surface area contributed by atoms with Crippen molar-refractivity contribution in [1.82, 2.24) is 0 Å². The van der Waals surface area contributed by atoms with Crippen LogP contribution in [0.25, 0.3) is 0 Å². The molecule has 0 radical (unpaired) electrons. The molecule has 0 aromatic heterocycles. The molecule has 0 aromatic carbocycles. The second kappa shape index (κ2) is 6.59. The van der Waals surface area contributed by atoms with Crippen LogP contribution in [0.1, 0.15) is 39.0 Å². The molecule has 0 N–H and O–H groups in total. The van der Waals surface area contributed by atoms with Crippen LogP contribution >= 0.6 is 23.2 Å². The van der Waals surface area contributed by atoms with E-state index in [2.05, 4.69) is 0 Å². The average molecular weight is 253 g/mol. The van der Waals surface area contributed by atoms with Gasteiger partial charge in [-0.25, -0.2) is 0 Å². The topological polar surface area (TPSA) is 26.3 Å². The standard InChI is InChI=1S/C11H18Cl2O2/c1-8(14)15-7-10(11(12)13)9-5-3-2-4-6-9/h9-11H,2-7H2,1H3. The van der Waals surface area contributed by atoms with Crippen molar-refractivity contribution in [2.24, 2.45) is 11.8 Å². The van der Waals surface area contributed by atoms with E-state index in [0.29, 0.717) is 12.5 Å². The minimum atomic E-state index is -0.438. The van der Waals surface area contributed by atoms with E-state index in [9.17, 15) is 4.79 Å². The molecular weight excluding hydrogens is 235 g/mol. The van der Waals surface area contributed by atoms with E-state index in [1.165, 1.54) is 26.2 Å². The summed E-state index contributed by atoms with van der Waals surface area (Å²) in [6.45, 7) is 1.77. The second-order valence-corrected chi connectivity index (χ2v) is 5.36. The average Bonchev–Trinajstić information content (AvgIpc) is 2.18. The number of esters is 1. The van der Waals surface area contributed by atoms with Crippen LogP contribution in [-0.4, -0.2) is 17.4 Å². The summed E-state index contributed by atoms with van der Waals surface area (Å²) in [6, 6.07) is 0. The van der Waals surface area contributed by atoms with E-state index in [-0.39, 0.29) is 11.9 Å². The molecule has 0 heterocycles. The van der Waals surface area contributed by atoms with Gasteiger partial charge in [-0.15, -0.1) is 23.2 Å². The third-order valence-corrected chi connectivity index (χ3v) is 3.71. The highest BCUT2D eigenvalue weighted by Gasteiger charge is 2.29. The Morgan fingerprint density at radius 3 is 2.40 bits per heavy atom. The quantitative estimate of drug-likeness (QED) is 0.565. The Kier molecular flexibility index (Phi) is 5.77. The van der Waals surface area contributed by atoms with Crippen molar-refractivity contribution in [1.29, 1.82) is 0 Å². The molecular formula is C11H18Cl2O2. The number of ether oxygens (including phenoxy) is 1. The van der Waals surface area contributed by atoms with Crippen LogP contribution in [0.15, 0.2) is 0 Å². The van der Waals surface area contributed by atoms with E-state index < -0.39 is 4.84 Å². The summed E-state index contributed by atoms with van der Waals surface area (Å²) in [4.78, 5) is 10.3. The predicted octanol–water partition coefficient (Wildman–Crippen LogP) is 3.55. The molecule has 88 valence electrons. The summed E-state index contributed by atoms with van der Waals surface area (Å²) in [5.41, 5.74) is 0. The number of hydrogen-bond donors (Lipinski definition) is 0. The molecule has 1 fully saturated rings. The maximum atomic E-state index is 10.7. The van der Waals surface area contributed by atoms with E-state index in [4.69, 9.17) is 27.9 Å². The number of rotatable bonds is 4. The van der Waals surface area contributed by atoms with E-state index in [0.717, 1.165) is 12.8 Å². The molecule has 1 unspecified atom stereocenters. The van der Waals surface area contributed by atoms with E-state index >= 15 is 0 Å². The van der Waals surface area contributed by atoms with Gasteiger partial charge in [-0.3, -0.25) is 4.79 Å². The first-order valence-electron chi connectivity index (χ1n) is 5.52. The van der Waals surface area contributed by atoms with E-state index in [1.807, 2.05) is 0 Å². The fourth-order valence-electron chi connectivity index (χ4n) is 2.19. The predicted molar refractivity (Wildman–Crippen MR) is 62.2 cm³/mol. The second-order valence-electron chi connectivity index (χ2n) is 4.20. The molecule has 1 aliphatic carbocycles. The highest BCUT2D eigenvalue weighted by molar-refractivity contribution is 6.44. The van der Waals surface area contributed by atoms with Crippen molar-refractivity contribution in [2.75, 3.05) is 6.61 Å². The molecule has 1 atom stereocenters. The maximum Gasteiger partial charge on any atom is 0.302 e. The van der Waals surface area contributed by atoms with Gasteiger partial charge in [0.25, 0.3) is 0 Å². The highest BCUT2D eigenvalue weighted by atomic mass is 35.5. The Bertz CT molecular complexity index is 201. The summed E-state index contributed by atoms with van der Waals surface area (Å²) in [5, 5.41) is 0. The SMILES string of the molecule is CC(=O)OCC(C(Cl)Cl)C1CCCCC1. The summed E-state index contributed by atoms with van der Waals surface area (Å²) in [6.07, 6.45) is 6.08. The van der Waals surface area contributed by atoms with E-state index in [1.54, 1.807) is 0 Å². The molecule has 0 spiro atoms. The van der Waals surface area contributed by atoms with Crippen LogP contribution in [0.3, 0.4) is 0 Å². The van der Waals surface area contributed by atoms with Gasteiger partial charge < -0.3 is 4.74 Å². The van der Waals surface area contributed by atoms with Crippen molar-refractivity contribution >= 4 is 29.2 Å². The number of carbonyl (C=O) groups excluding carboxylic acids is 1. The van der Waals surface area contributed by atoms with Crippen LogP contribution in [-0.2, 0) is 9.53 Å². The van der Waals surface area contributed by atoms with Gasteiger partial charge in [-0.05, 0) is 18.8 Å². The van der Waals surface area contributed by atoms with Crippen LogP contribution in [0.5, 0.6) is 0 Å². The first kappa shape index (κ1) is 13.1. The maximum absolute atomic E-state index is 10.7. The molecule has 1 saturated carbocycles. The zero-order chi connectivity index (χ0) is 11.3. The molecule has 4 heteroatoms. The van der Waals surface area contributed by atoms with Gasteiger partial charge in [0, 0.05) is 12.8 Å². The van der Waals surface area contributed by atoms with Crippen LogP contribution in [0.4, 0.5) is 0 Å². The van der Waals surface area contributed by atoms with Gasteiger partial charge in [0.2, 0.25) is 0 Å². The summed E-state index contributed by atoms with van der Waals surface area (Å²) in [5.74, 6) is 0.348. The lowest BCUT2D eigenvalue weighted by Crippen LogP contribution is -2.28. The molecule has 2 nitrogen and oxygen atoms in total. The zero-order valence-electron chi connectivity index (χ0n) is 9.05. The fourth-order valence-corrected chi connectivity index (χ4v) is 2.75. The van der Waals surface area contributed by atoms with Gasteiger partial charge in [0.1, 0.15) is 4.84 Å².